The normalized spacial score (nSPS) is 17.6. The standard InChI is InChI=1S/C12H15NO2S/c1-10(9-14)8-11-2-3-12(16-11)13-4-6-15-7-5-13/h2-3,8-9H,4-7H2,1H3. The van der Waals surface area contributed by atoms with E-state index in [1.54, 1.807) is 11.3 Å². The Balaban J connectivity index is 2.09. The molecule has 86 valence electrons. The van der Waals surface area contributed by atoms with Crippen LogP contribution in [0.25, 0.3) is 6.08 Å². The topological polar surface area (TPSA) is 29.5 Å². The van der Waals surface area contributed by atoms with Crippen molar-refractivity contribution in [1.29, 1.82) is 0 Å². The number of hydrogen-bond donors (Lipinski definition) is 0. The summed E-state index contributed by atoms with van der Waals surface area (Å²) in [7, 11) is 0. The van der Waals surface area contributed by atoms with Gasteiger partial charge >= 0.3 is 0 Å². The van der Waals surface area contributed by atoms with Crippen molar-refractivity contribution in [3.8, 4) is 0 Å². The van der Waals surface area contributed by atoms with Gasteiger partial charge in [0, 0.05) is 18.0 Å². The van der Waals surface area contributed by atoms with Crippen molar-refractivity contribution in [2.45, 2.75) is 6.92 Å². The van der Waals surface area contributed by atoms with Gasteiger partial charge in [-0.25, -0.2) is 0 Å². The monoisotopic (exact) mass is 237 g/mol. The second-order valence-electron chi connectivity index (χ2n) is 3.78. The molecule has 2 heterocycles. The third kappa shape index (κ3) is 2.71. The van der Waals surface area contributed by atoms with E-state index in [0.29, 0.717) is 0 Å². The van der Waals surface area contributed by atoms with Crippen LogP contribution in [-0.2, 0) is 9.53 Å². The van der Waals surface area contributed by atoms with Crippen molar-refractivity contribution >= 4 is 28.7 Å². The van der Waals surface area contributed by atoms with Crippen LogP contribution in [0.15, 0.2) is 17.7 Å². The highest BCUT2D eigenvalue weighted by Crippen LogP contribution is 2.28. The van der Waals surface area contributed by atoms with Gasteiger partial charge in [0.05, 0.1) is 18.2 Å². The molecule has 1 aliphatic heterocycles. The highest BCUT2D eigenvalue weighted by molar-refractivity contribution is 7.16. The van der Waals surface area contributed by atoms with Crippen LogP contribution < -0.4 is 4.90 Å². The van der Waals surface area contributed by atoms with Crippen LogP contribution in [0.2, 0.25) is 0 Å². The zero-order chi connectivity index (χ0) is 11.4. The highest BCUT2D eigenvalue weighted by Gasteiger charge is 2.12. The summed E-state index contributed by atoms with van der Waals surface area (Å²) >= 11 is 1.72. The first kappa shape index (κ1) is 11.4. The molecule has 0 aromatic carbocycles. The molecule has 0 bridgehead atoms. The predicted molar refractivity (Wildman–Crippen MR) is 67.1 cm³/mol. The maximum Gasteiger partial charge on any atom is 0.145 e. The SMILES string of the molecule is CC(C=O)=Cc1ccc(N2CCOCC2)s1. The maximum absolute atomic E-state index is 10.5. The molecule has 3 nitrogen and oxygen atoms in total. The van der Waals surface area contributed by atoms with Crippen LogP contribution in [-0.4, -0.2) is 32.6 Å². The number of ether oxygens (including phenoxy) is 1. The Morgan fingerprint density at radius 1 is 1.44 bits per heavy atom. The first-order valence-corrected chi connectivity index (χ1v) is 6.17. The molecule has 0 saturated carbocycles. The Morgan fingerprint density at radius 2 is 2.19 bits per heavy atom. The Kier molecular flexibility index (Phi) is 3.74. The van der Waals surface area contributed by atoms with E-state index in [4.69, 9.17) is 4.74 Å². The molecule has 0 amide bonds. The summed E-state index contributed by atoms with van der Waals surface area (Å²) in [6.07, 6.45) is 2.80. The summed E-state index contributed by atoms with van der Waals surface area (Å²) in [5.41, 5.74) is 0.760. The average Bonchev–Trinajstić information content (AvgIpc) is 2.78. The summed E-state index contributed by atoms with van der Waals surface area (Å²) in [6, 6.07) is 4.17. The second kappa shape index (κ2) is 5.27. The van der Waals surface area contributed by atoms with Crippen LogP contribution in [0.5, 0.6) is 0 Å². The Morgan fingerprint density at radius 3 is 2.88 bits per heavy atom. The number of aldehydes is 1. The largest absolute Gasteiger partial charge is 0.378 e. The summed E-state index contributed by atoms with van der Waals surface area (Å²) < 4.78 is 5.31. The minimum atomic E-state index is 0.760. The number of allylic oxidation sites excluding steroid dienone is 1. The van der Waals surface area contributed by atoms with E-state index in [1.165, 1.54) is 5.00 Å². The lowest BCUT2D eigenvalue weighted by atomic mass is 10.3. The number of morpholine rings is 1. The number of anilines is 1. The Labute approximate surface area is 99.3 Å². The van der Waals surface area contributed by atoms with Crippen molar-refractivity contribution in [3.63, 3.8) is 0 Å². The Bertz CT molecular complexity index is 391. The maximum atomic E-state index is 10.5. The molecule has 4 heteroatoms. The highest BCUT2D eigenvalue weighted by atomic mass is 32.1. The number of rotatable bonds is 3. The first-order chi connectivity index (χ1) is 7.79. The van der Waals surface area contributed by atoms with Crippen LogP contribution in [0.1, 0.15) is 11.8 Å². The number of hydrogen-bond acceptors (Lipinski definition) is 4. The van der Waals surface area contributed by atoms with E-state index in [-0.39, 0.29) is 0 Å². The zero-order valence-corrected chi connectivity index (χ0v) is 10.1. The fraction of sp³-hybridized carbons (Fsp3) is 0.417. The van der Waals surface area contributed by atoms with Gasteiger partial charge in [0.25, 0.3) is 0 Å². The number of carbonyl (C=O) groups excluding carboxylic acids is 1. The van der Waals surface area contributed by atoms with E-state index in [1.807, 2.05) is 13.0 Å². The summed E-state index contributed by atoms with van der Waals surface area (Å²) in [6.45, 7) is 5.33. The van der Waals surface area contributed by atoms with Crippen molar-refractivity contribution < 1.29 is 9.53 Å². The molecular weight excluding hydrogens is 222 g/mol. The zero-order valence-electron chi connectivity index (χ0n) is 9.31. The van der Waals surface area contributed by atoms with Crippen molar-refractivity contribution in [3.05, 3.63) is 22.6 Å². The smallest absolute Gasteiger partial charge is 0.145 e. The first-order valence-electron chi connectivity index (χ1n) is 5.35. The van der Waals surface area contributed by atoms with Crippen LogP contribution in [0, 0.1) is 0 Å². The fourth-order valence-corrected chi connectivity index (χ4v) is 2.70. The van der Waals surface area contributed by atoms with Crippen molar-refractivity contribution in [2.24, 2.45) is 0 Å². The fourth-order valence-electron chi connectivity index (χ4n) is 1.63. The lowest BCUT2D eigenvalue weighted by Gasteiger charge is -2.27. The molecule has 0 spiro atoms. The van der Waals surface area contributed by atoms with Gasteiger partial charge in [0.15, 0.2) is 0 Å². The number of nitrogens with zero attached hydrogens (tertiary/aromatic N) is 1. The predicted octanol–water partition coefficient (Wildman–Crippen LogP) is 2.19. The van der Waals surface area contributed by atoms with E-state index in [9.17, 15) is 4.79 Å². The quantitative estimate of drug-likeness (QED) is 0.596. The molecular formula is C12H15NO2S. The lowest BCUT2D eigenvalue weighted by molar-refractivity contribution is -0.104. The molecule has 1 aromatic heterocycles. The Hall–Kier alpha value is -1.13. The van der Waals surface area contributed by atoms with Gasteiger partial charge < -0.3 is 9.64 Å². The molecule has 1 aliphatic rings. The van der Waals surface area contributed by atoms with Gasteiger partial charge in [-0.15, -0.1) is 11.3 Å². The third-order valence-corrected chi connectivity index (χ3v) is 3.58. The van der Waals surface area contributed by atoms with Crippen molar-refractivity contribution in [2.75, 3.05) is 31.2 Å². The molecule has 16 heavy (non-hydrogen) atoms. The minimum absolute atomic E-state index is 0.760. The lowest BCUT2D eigenvalue weighted by Crippen LogP contribution is -2.35. The number of carbonyl (C=O) groups is 1. The van der Waals surface area contributed by atoms with Crippen LogP contribution in [0.3, 0.4) is 0 Å². The second-order valence-corrected chi connectivity index (χ2v) is 4.88. The summed E-state index contributed by atoms with van der Waals surface area (Å²) in [5.74, 6) is 0. The summed E-state index contributed by atoms with van der Waals surface area (Å²) in [4.78, 5) is 14.0. The van der Waals surface area contributed by atoms with E-state index < -0.39 is 0 Å². The van der Waals surface area contributed by atoms with E-state index in [0.717, 1.165) is 43.0 Å². The van der Waals surface area contributed by atoms with Gasteiger partial charge in [-0.05, 0) is 30.7 Å². The van der Waals surface area contributed by atoms with Gasteiger partial charge in [0.1, 0.15) is 6.29 Å². The molecule has 0 radical (unpaired) electrons. The van der Waals surface area contributed by atoms with Gasteiger partial charge in [-0.3, -0.25) is 4.79 Å². The van der Waals surface area contributed by atoms with E-state index in [2.05, 4.69) is 17.0 Å². The molecule has 1 saturated heterocycles. The molecule has 0 aliphatic carbocycles. The van der Waals surface area contributed by atoms with Crippen molar-refractivity contribution in [1.82, 2.24) is 0 Å². The van der Waals surface area contributed by atoms with Gasteiger partial charge in [-0.2, -0.15) is 0 Å². The minimum Gasteiger partial charge on any atom is -0.378 e. The molecule has 1 fully saturated rings. The molecule has 0 atom stereocenters. The number of thiophene rings is 1. The summed E-state index contributed by atoms with van der Waals surface area (Å²) in [5, 5.41) is 1.26. The van der Waals surface area contributed by atoms with Gasteiger partial charge in [-0.1, -0.05) is 0 Å². The van der Waals surface area contributed by atoms with E-state index >= 15 is 0 Å². The molecule has 2 rings (SSSR count). The average molecular weight is 237 g/mol. The van der Waals surface area contributed by atoms with Crippen LogP contribution >= 0.6 is 11.3 Å². The molecule has 0 unspecified atom stereocenters. The third-order valence-electron chi connectivity index (χ3n) is 2.49. The van der Waals surface area contributed by atoms with Crippen LogP contribution in [0.4, 0.5) is 5.00 Å². The molecule has 1 aromatic rings. The molecule has 0 N–H and O–H groups in total. The van der Waals surface area contributed by atoms with Gasteiger partial charge in [0.2, 0.25) is 0 Å².